The molecular formula is C31H36N2O3. The number of aromatic amines is 1. The van der Waals surface area contributed by atoms with E-state index in [0.29, 0.717) is 17.9 Å². The van der Waals surface area contributed by atoms with E-state index in [1.165, 1.54) is 11.1 Å². The summed E-state index contributed by atoms with van der Waals surface area (Å²) in [6, 6.07) is 22.8. The number of ether oxygens (including phenoxy) is 2. The molecule has 3 aromatic carbocycles. The number of rotatable bonds is 11. The highest BCUT2D eigenvalue weighted by atomic mass is 16.5. The summed E-state index contributed by atoms with van der Waals surface area (Å²) in [4.78, 5) is 16.8. The van der Waals surface area contributed by atoms with E-state index in [2.05, 4.69) is 72.8 Å². The SMILES string of the molecule is CCc1cccc2c([C@H](CC(=O)N[C@H](C)CCc3ccccc3)c3ccc(OC)c(OC)c3)c[nH]c12. The molecule has 0 unspecified atom stereocenters. The molecule has 0 spiro atoms. The van der Waals surface area contributed by atoms with Gasteiger partial charge >= 0.3 is 0 Å². The monoisotopic (exact) mass is 484 g/mol. The van der Waals surface area contributed by atoms with Gasteiger partial charge in [-0.15, -0.1) is 0 Å². The molecule has 1 aromatic heterocycles. The highest BCUT2D eigenvalue weighted by Gasteiger charge is 2.24. The molecule has 2 N–H and O–H groups in total. The molecule has 0 aliphatic heterocycles. The second-order valence-corrected chi connectivity index (χ2v) is 9.30. The molecule has 4 aromatic rings. The fraction of sp³-hybridized carbons (Fsp3) is 0.323. The fourth-order valence-corrected chi connectivity index (χ4v) is 4.92. The van der Waals surface area contributed by atoms with Gasteiger partial charge in [-0.3, -0.25) is 4.79 Å². The van der Waals surface area contributed by atoms with Gasteiger partial charge in [0.15, 0.2) is 11.5 Å². The van der Waals surface area contributed by atoms with Crippen LogP contribution in [0.1, 0.15) is 54.9 Å². The van der Waals surface area contributed by atoms with Crippen LogP contribution in [0.2, 0.25) is 0 Å². The van der Waals surface area contributed by atoms with E-state index in [1.807, 2.05) is 24.3 Å². The number of methoxy groups -OCH3 is 2. The molecule has 188 valence electrons. The minimum absolute atomic E-state index is 0.0383. The van der Waals surface area contributed by atoms with Crippen molar-refractivity contribution in [2.75, 3.05) is 14.2 Å². The van der Waals surface area contributed by atoms with E-state index >= 15 is 0 Å². The van der Waals surface area contributed by atoms with Crippen molar-refractivity contribution in [2.45, 2.75) is 51.5 Å². The van der Waals surface area contributed by atoms with E-state index in [9.17, 15) is 4.79 Å². The smallest absolute Gasteiger partial charge is 0.221 e. The standard InChI is InChI=1S/C31H36N2O3/c1-5-23-12-9-13-25-27(20-32-31(23)25)26(24-16-17-28(35-3)29(18-24)36-4)19-30(34)33-21(2)14-15-22-10-7-6-8-11-22/h6-13,16-18,20-21,26,32H,5,14-15,19H2,1-4H3,(H,33,34)/t21-,26-/m1/s1. The highest BCUT2D eigenvalue weighted by Crippen LogP contribution is 2.38. The predicted molar refractivity (Wildman–Crippen MR) is 146 cm³/mol. The van der Waals surface area contributed by atoms with Gasteiger partial charge in [0.2, 0.25) is 5.91 Å². The number of hydrogen-bond donors (Lipinski definition) is 2. The molecule has 5 heteroatoms. The average molecular weight is 485 g/mol. The number of aromatic nitrogens is 1. The third kappa shape index (κ3) is 5.73. The third-order valence-electron chi connectivity index (χ3n) is 6.91. The van der Waals surface area contributed by atoms with Gasteiger partial charge in [-0.1, -0.05) is 61.5 Å². The Morgan fingerprint density at radius 2 is 1.75 bits per heavy atom. The van der Waals surface area contributed by atoms with Gasteiger partial charge in [0, 0.05) is 35.5 Å². The van der Waals surface area contributed by atoms with E-state index in [-0.39, 0.29) is 17.9 Å². The molecule has 2 atom stereocenters. The third-order valence-corrected chi connectivity index (χ3v) is 6.91. The molecule has 0 saturated carbocycles. The van der Waals surface area contributed by atoms with Crippen LogP contribution in [0.25, 0.3) is 10.9 Å². The van der Waals surface area contributed by atoms with Crippen LogP contribution in [-0.2, 0) is 17.6 Å². The van der Waals surface area contributed by atoms with Crippen molar-refractivity contribution < 1.29 is 14.3 Å². The summed E-state index contributed by atoms with van der Waals surface area (Å²) in [5.41, 5.74) is 5.82. The summed E-state index contributed by atoms with van der Waals surface area (Å²) in [5, 5.41) is 4.38. The molecule has 36 heavy (non-hydrogen) atoms. The van der Waals surface area contributed by atoms with Crippen molar-refractivity contribution in [1.29, 1.82) is 0 Å². The maximum absolute atomic E-state index is 13.3. The quantitative estimate of drug-likeness (QED) is 0.259. The number of nitrogens with one attached hydrogen (secondary N) is 2. The zero-order valence-corrected chi connectivity index (χ0v) is 21.6. The summed E-state index contributed by atoms with van der Waals surface area (Å²) in [6.07, 6.45) is 5.16. The Bertz CT molecular complexity index is 1300. The molecule has 0 fully saturated rings. The second-order valence-electron chi connectivity index (χ2n) is 9.30. The lowest BCUT2D eigenvalue weighted by Gasteiger charge is -2.21. The zero-order chi connectivity index (χ0) is 25.5. The van der Waals surface area contributed by atoms with E-state index in [1.54, 1.807) is 14.2 Å². The molecule has 5 nitrogen and oxygen atoms in total. The van der Waals surface area contributed by atoms with Crippen molar-refractivity contribution >= 4 is 16.8 Å². The lowest BCUT2D eigenvalue weighted by atomic mass is 9.87. The van der Waals surface area contributed by atoms with Gasteiger partial charge < -0.3 is 19.8 Å². The normalized spacial score (nSPS) is 12.8. The fourth-order valence-electron chi connectivity index (χ4n) is 4.92. The predicted octanol–water partition coefficient (Wildman–Crippen LogP) is 6.41. The van der Waals surface area contributed by atoms with Crippen LogP contribution in [0, 0.1) is 0 Å². The summed E-state index contributed by atoms with van der Waals surface area (Å²) < 4.78 is 11.0. The summed E-state index contributed by atoms with van der Waals surface area (Å²) >= 11 is 0. The van der Waals surface area contributed by atoms with E-state index < -0.39 is 0 Å². The number of aryl methyl sites for hydroxylation is 2. The van der Waals surface area contributed by atoms with Crippen molar-refractivity contribution in [1.82, 2.24) is 10.3 Å². The van der Waals surface area contributed by atoms with Gasteiger partial charge in [-0.2, -0.15) is 0 Å². The summed E-state index contributed by atoms with van der Waals surface area (Å²) in [7, 11) is 3.27. The lowest BCUT2D eigenvalue weighted by Crippen LogP contribution is -2.33. The van der Waals surface area contributed by atoms with Crippen LogP contribution in [0.5, 0.6) is 11.5 Å². The van der Waals surface area contributed by atoms with Crippen LogP contribution in [-0.4, -0.2) is 31.2 Å². The largest absolute Gasteiger partial charge is 0.493 e. The van der Waals surface area contributed by atoms with Crippen molar-refractivity contribution in [3.8, 4) is 11.5 Å². The molecule has 0 radical (unpaired) electrons. The van der Waals surface area contributed by atoms with Gasteiger partial charge in [0.05, 0.1) is 14.2 Å². The number of para-hydroxylation sites is 1. The Labute approximate surface area is 213 Å². The first kappa shape index (κ1) is 25.4. The van der Waals surface area contributed by atoms with Crippen molar-refractivity contribution in [3.05, 3.63) is 95.2 Å². The first-order valence-corrected chi connectivity index (χ1v) is 12.7. The Balaban J connectivity index is 1.60. The number of carbonyl (C=O) groups is 1. The molecular weight excluding hydrogens is 448 g/mol. The molecule has 1 heterocycles. The zero-order valence-electron chi connectivity index (χ0n) is 21.6. The first-order valence-electron chi connectivity index (χ1n) is 12.7. The van der Waals surface area contributed by atoms with E-state index in [4.69, 9.17) is 9.47 Å². The number of carbonyl (C=O) groups excluding carboxylic acids is 1. The number of benzene rings is 3. The van der Waals surface area contributed by atoms with Crippen molar-refractivity contribution in [3.63, 3.8) is 0 Å². The Hall–Kier alpha value is -3.73. The van der Waals surface area contributed by atoms with Gasteiger partial charge in [-0.25, -0.2) is 0 Å². The van der Waals surface area contributed by atoms with Gasteiger partial charge in [-0.05, 0) is 60.6 Å². The van der Waals surface area contributed by atoms with Crippen LogP contribution in [0.3, 0.4) is 0 Å². The molecule has 0 bridgehead atoms. The molecule has 0 aliphatic rings. The van der Waals surface area contributed by atoms with E-state index in [0.717, 1.165) is 41.3 Å². The topological polar surface area (TPSA) is 63.4 Å². The Morgan fingerprint density at radius 3 is 2.47 bits per heavy atom. The minimum atomic E-state index is -0.132. The summed E-state index contributed by atoms with van der Waals surface area (Å²) in [5.74, 6) is 1.24. The average Bonchev–Trinajstić information content (AvgIpc) is 3.35. The van der Waals surface area contributed by atoms with Gasteiger partial charge in [0.1, 0.15) is 0 Å². The lowest BCUT2D eigenvalue weighted by molar-refractivity contribution is -0.121. The number of fused-ring (bicyclic) bond motifs is 1. The summed E-state index contributed by atoms with van der Waals surface area (Å²) in [6.45, 7) is 4.23. The molecule has 0 saturated heterocycles. The molecule has 4 rings (SSSR count). The molecule has 0 aliphatic carbocycles. The maximum atomic E-state index is 13.3. The minimum Gasteiger partial charge on any atom is -0.493 e. The van der Waals surface area contributed by atoms with Crippen LogP contribution in [0.4, 0.5) is 0 Å². The molecule has 1 amide bonds. The number of H-pyrrole nitrogens is 1. The number of hydrogen-bond acceptors (Lipinski definition) is 3. The van der Waals surface area contributed by atoms with Crippen molar-refractivity contribution in [2.24, 2.45) is 0 Å². The van der Waals surface area contributed by atoms with Gasteiger partial charge in [0.25, 0.3) is 0 Å². The maximum Gasteiger partial charge on any atom is 0.221 e. The number of amides is 1. The van der Waals surface area contributed by atoms with Crippen LogP contribution < -0.4 is 14.8 Å². The second kappa shape index (κ2) is 11.8. The first-order chi connectivity index (χ1) is 17.5. The van der Waals surface area contributed by atoms with Crippen LogP contribution >= 0.6 is 0 Å². The Kier molecular flexibility index (Phi) is 8.32. The highest BCUT2D eigenvalue weighted by molar-refractivity contribution is 5.88. The Morgan fingerprint density at radius 1 is 0.972 bits per heavy atom. The van der Waals surface area contributed by atoms with Crippen LogP contribution in [0.15, 0.2) is 72.9 Å².